The molecule has 0 aliphatic rings. The number of carboxylic acid groups (broad SMARTS) is 1. The van der Waals surface area contributed by atoms with Crippen molar-refractivity contribution in [3.8, 4) is 0 Å². The SMILES string of the molecule is CC(=O)O.[Sr+2]. The molecule has 2 nitrogen and oxygen atoms in total. The summed E-state index contributed by atoms with van der Waals surface area (Å²) in [4.78, 5) is 9.00. The average Bonchev–Trinajstić information content (AvgIpc) is 0.811. The molecule has 1 N–H and O–H groups in total. The molecule has 0 heterocycles. The third-order valence-electron chi connectivity index (χ3n) is 0. The minimum atomic E-state index is -0.833. The Morgan fingerprint density at radius 3 is 1.80 bits per heavy atom. The van der Waals surface area contributed by atoms with Crippen molar-refractivity contribution >= 4 is 51.5 Å². The van der Waals surface area contributed by atoms with Gasteiger partial charge in [-0.05, 0) is 0 Å². The second-order valence-electron chi connectivity index (χ2n) is 0.519. The fourth-order valence-corrected chi connectivity index (χ4v) is 0. The molecule has 0 saturated heterocycles. The van der Waals surface area contributed by atoms with E-state index in [1.807, 2.05) is 0 Å². The molecule has 0 spiro atoms. The van der Waals surface area contributed by atoms with Crippen LogP contribution in [0, 0.1) is 0 Å². The molecule has 0 atom stereocenters. The Morgan fingerprint density at radius 2 is 1.80 bits per heavy atom. The van der Waals surface area contributed by atoms with Crippen molar-refractivity contribution in [1.82, 2.24) is 0 Å². The maximum Gasteiger partial charge on any atom is 2.00 e. The molecule has 0 aromatic rings. The second-order valence-corrected chi connectivity index (χ2v) is 0.519. The van der Waals surface area contributed by atoms with Crippen molar-refractivity contribution < 1.29 is 9.90 Å². The molecule has 0 bridgehead atoms. The van der Waals surface area contributed by atoms with Gasteiger partial charge >= 0.3 is 45.5 Å². The van der Waals surface area contributed by atoms with E-state index in [1.165, 1.54) is 0 Å². The van der Waals surface area contributed by atoms with E-state index in [9.17, 15) is 0 Å². The summed E-state index contributed by atoms with van der Waals surface area (Å²) < 4.78 is 0. The molecule has 0 aromatic carbocycles. The van der Waals surface area contributed by atoms with E-state index in [1.54, 1.807) is 0 Å². The first-order chi connectivity index (χ1) is 1.73. The van der Waals surface area contributed by atoms with Crippen molar-refractivity contribution in [3.05, 3.63) is 0 Å². The van der Waals surface area contributed by atoms with Gasteiger partial charge in [-0.1, -0.05) is 0 Å². The molecule has 0 aromatic heterocycles. The molecule has 24 valence electrons. The van der Waals surface area contributed by atoms with Gasteiger partial charge in [-0.2, -0.15) is 0 Å². The molecular weight excluding hydrogens is 144 g/mol. The van der Waals surface area contributed by atoms with Crippen molar-refractivity contribution in [1.29, 1.82) is 0 Å². The molecule has 0 unspecified atom stereocenters. The largest absolute Gasteiger partial charge is 2.00 e. The molecule has 3 heteroatoms. The summed E-state index contributed by atoms with van der Waals surface area (Å²) >= 11 is 0. The summed E-state index contributed by atoms with van der Waals surface area (Å²) in [6.07, 6.45) is 0. The van der Waals surface area contributed by atoms with Crippen LogP contribution in [0.1, 0.15) is 6.92 Å². The zero-order valence-corrected chi connectivity index (χ0v) is 6.54. The number of hydrogen-bond donors (Lipinski definition) is 1. The van der Waals surface area contributed by atoms with Crippen LogP contribution in [0.5, 0.6) is 0 Å². The van der Waals surface area contributed by atoms with Gasteiger partial charge in [0.15, 0.2) is 0 Å². The quantitative estimate of drug-likeness (QED) is 0.479. The van der Waals surface area contributed by atoms with Crippen molar-refractivity contribution in [2.75, 3.05) is 0 Å². The number of carbonyl (C=O) groups is 1. The standard InChI is InChI=1S/C2H4O2.Sr/c1-2(3)4;/h1H3,(H,3,4);/q;+2. The Hall–Kier alpha value is 0.951. The molecule has 0 aliphatic heterocycles. The molecule has 0 aliphatic carbocycles. The minimum Gasteiger partial charge on any atom is -0.481 e. The van der Waals surface area contributed by atoms with Gasteiger partial charge in [-0.25, -0.2) is 0 Å². The molecule has 0 radical (unpaired) electrons. The summed E-state index contributed by atoms with van der Waals surface area (Å²) in [5, 5.41) is 7.42. The maximum atomic E-state index is 9.00. The van der Waals surface area contributed by atoms with Crippen LogP contribution in [0.15, 0.2) is 0 Å². The Balaban J connectivity index is 0. The van der Waals surface area contributed by atoms with Crippen molar-refractivity contribution in [2.45, 2.75) is 6.92 Å². The molecule has 0 fully saturated rings. The zero-order valence-electron chi connectivity index (χ0n) is 3.06. The first-order valence-corrected chi connectivity index (χ1v) is 0.928. The van der Waals surface area contributed by atoms with Gasteiger partial charge < -0.3 is 5.11 Å². The fourth-order valence-electron chi connectivity index (χ4n) is 0. The minimum absolute atomic E-state index is 0. The maximum absolute atomic E-state index is 9.00. The Labute approximate surface area is 67.4 Å². The van der Waals surface area contributed by atoms with Crippen LogP contribution >= 0.6 is 0 Å². The van der Waals surface area contributed by atoms with E-state index in [0.29, 0.717) is 0 Å². The van der Waals surface area contributed by atoms with Crippen LogP contribution in [0.2, 0.25) is 0 Å². The van der Waals surface area contributed by atoms with Gasteiger partial charge in [-0.3, -0.25) is 4.79 Å². The van der Waals surface area contributed by atoms with Crippen LogP contribution in [0.25, 0.3) is 0 Å². The number of rotatable bonds is 0. The first-order valence-electron chi connectivity index (χ1n) is 0.928. The molecule has 0 rings (SSSR count). The van der Waals surface area contributed by atoms with Gasteiger partial charge in [0.25, 0.3) is 5.97 Å². The molecule has 0 amide bonds. The normalized spacial score (nSPS) is 5.00. The topological polar surface area (TPSA) is 37.3 Å². The predicted molar refractivity (Wildman–Crippen MR) is 19.1 cm³/mol. The Morgan fingerprint density at radius 1 is 1.80 bits per heavy atom. The smallest absolute Gasteiger partial charge is 0.481 e. The summed E-state index contributed by atoms with van der Waals surface area (Å²) in [5.74, 6) is -0.833. The van der Waals surface area contributed by atoms with Crippen molar-refractivity contribution in [2.24, 2.45) is 0 Å². The number of carboxylic acids is 1. The zero-order chi connectivity index (χ0) is 3.58. The Bertz CT molecular complexity index is 30.6. The molecular formula is C2H4O2Sr+2. The summed E-state index contributed by atoms with van der Waals surface area (Å²) in [5.41, 5.74) is 0. The van der Waals surface area contributed by atoms with Gasteiger partial charge in [0.05, 0.1) is 0 Å². The van der Waals surface area contributed by atoms with E-state index in [4.69, 9.17) is 9.90 Å². The van der Waals surface area contributed by atoms with Crippen LogP contribution < -0.4 is 0 Å². The monoisotopic (exact) mass is 148 g/mol. The predicted octanol–water partition coefficient (Wildman–Crippen LogP) is -0.290. The van der Waals surface area contributed by atoms with Gasteiger partial charge in [0.1, 0.15) is 0 Å². The second kappa shape index (κ2) is 4.95. The van der Waals surface area contributed by atoms with E-state index in [2.05, 4.69) is 0 Å². The van der Waals surface area contributed by atoms with Gasteiger partial charge in [0, 0.05) is 6.92 Å². The van der Waals surface area contributed by atoms with Crippen molar-refractivity contribution in [3.63, 3.8) is 0 Å². The van der Waals surface area contributed by atoms with Crippen LogP contribution in [0.4, 0.5) is 0 Å². The van der Waals surface area contributed by atoms with Crippen LogP contribution in [-0.4, -0.2) is 56.6 Å². The third-order valence-corrected chi connectivity index (χ3v) is 0. The molecule has 0 saturated carbocycles. The third kappa shape index (κ3) is 47.7. The summed E-state index contributed by atoms with van der Waals surface area (Å²) in [7, 11) is 0. The van der Waals surface area contributed by atoms with Gasteiger partial charge in [0.2, 0.25) is 0 Å². The first kappa shape index (κ1) is 9.34. The van der Waals surface area contributed by atoms with Gasteiger partial charge in [-0.15, -0.1) is 0 Å². The van der Waals surface area contributed by atoms with E-state index < -0.39 is 5.97 Å². The number of aliphatic carboxylic acids is 1. The number of hydrogen-bond acceptors (Lipinski definition) is 1. The summed E-state index contributed by atoms with van der Waals surface area (Å²) in [6, 6.07) is 0. The summed E-state index contributed by atoms with van der Waals surface area (Å²) in [6.45, 7) is 1.08. The Kier molecular flexibility index (Phi) is 9.25. The van der Waals surface area contributed by atoms with E-state index in [0.717, 1.165) is 6.92 Å². The van der Waals surface area contributed by atoms with E-state index >= 15 is 0 Å². The van der Waals surface area contributed by atoms with Crippen LogP contribution in [0.3, 0.4) is 0 Å². The average molecular weight is 148 g/mol. The van der Waals surface area contributed by atoms with E-state index in [-0.39, 0.29) is 45.5 Å². The fraction of sp³-hybridized carbons (Fsp3) is 0.500. The van der Waals surface area contributed by atoms with Crippen LogP contribution in [-0.2, 0) is 4.79 Å². The molecule has 5 heavy (non-hydrogen) atoms.